The number of carbonyl (C=O) groups is 1. The average molecular weight is 488 g/mol. The summed E-state index contributed by atoms with van der Waals surface area (Å²) in [6.45, 7) is 1.81. The maximum Gasteiger partial charge on any atom is 0.271 e. The number of aromatic nitrogens is 1. The van der Waals surface area contributed by atoms with Crippen LogP contribution >= 0.6 is 22.7 Å². The monoisotopic (exact) mass is 487 g/mol. The Bertz CT molecular complexity index is 1570. The van der Waals surface area contributed by atoms with Crippen LogP contribution in [0, 0.1) is 0 Å². The molecular weight excluding hydrogens is 466 g/mol. The molecule has 1 atom stereocenters. The fourth-order valence-electron chi connectivity index (χ4n) is 3.97. The van der Waals surface area contributed by atoms with E-state index in [9.17, 15) is 9.59 Å². The van der Waals surface area contributed by atoms with Gasteiger partial charge in [-0.25, -0.2) is 4.99 Å². The van der Waals surface area contributed by atoms with Crippen LogP contribution in [0.5, 0.6) is 5.75 Å². The zero-order chi connectivity index (χ0) is 23.7. The standard InChI is InChI=1S/C26H21N3O3S2/c1-16-22(24(30)28-19-8-4-3-5-9-19)23(18-7-6-10-20(14-18)32-2)29-25(31)21(34-26(29)27-16)13-17-11-12-33-15-17/h3-15,23H,1-2H3,(H,28,30)/b21-13+/t23-/m0/s1. The number of nitrogens with one attached hydrogen (secondary N) is 1. The van der Waals surface area contributed by atoms with Crippen molar-refractivity contribution in [1.29, 1.82) is 0 Å². The Morgan fingerprint density at radius 2 is 1.97 bits per heavy atom. The first-order valence-electron chi connectivity index (χ1n) is 10.6. The molecule has 8 heteroatoms. The van der Waals surface area contributed by atoms with E-state index in [-0.39, 0.29) is 11.5 Å². The maximum absolute atomic E-state index is 13.6. The highest BCUT2D eigenvalue weighted by Crippen LogP contribution is 2.32. The molecule has 170 valence electrons. The third-order valence-corrected chi connectivity index (χ3v) is 7.23. The highest BCUT2D eigenvalue weighted by Gasteiger charge is 2.32. The molecule has 1 aliphatic rings. The molecular formula is C26H21N3O3S2. The average Bonchev–Trinajstić information content (AvgIpc) is 3.47. The second-order valence-electron chi connectivity index (χ2n) is 7.74. The lowest BCUT2D eigenvalue weighted by Gasteiger charge is -2.25. The van der Waals surface area contributed by atoms with E-state index < -0.39 is 6.04 Å². The maximum atomic E-state index is 13.6. The number of rotatable bonds is 5. The van der Waals surface area contributed by atoms with E-state index in [0.717, 1.165) is 11.1 Å². The number of methoxy groups -OCH3 is 1. The smallest absolute Gasteiger partial charge is 0.271 e. The quantitative estimate of drug-likeness (QED) is 0.463. The predicted octanol–water partition coefficient (Wildman–Crippen LogP) is 3.94. The minimum absolute atomic E-state index is 0.180. The molecule has 0 spiro atoms. The van der Waals surface area contributed by atoms with E-state index in [1.54, 1.807) is 23.0 Å². The van der Waals surface area contributed by atoms with Gasteiger partial charge >= 0.3 is 0 Å². The van der Waals surface area contributed by atoms with E-state index in [1.807, 2.05) is 84.4 Å². The van der Waals surface area contributed by atoms with E-state index in [4.69, 9.17) is 4.74 Å². The van der Waals surface area contributed by atoms with Gasteiger partial charge in [0.25, 0.3) is 11.5 Å². The number of benzene rings is 2. The van der Waals surface area contributed by atoms with Crippen molar-refractivity contribution in [2.24, 2.45) is 4.99 Å². The van der Waals surface area contributed by atoms with Gasteiger partial charge in [0.05, 0.1) is 29.0 Å². The number of thiazole rings is 1. The third kappa shape index (κ3) is 4.13. The van der Waals surface area contributed by atoms with Gasteiger partial charge in [-0.2, -0.15) is 11.3 Å². The second kappa shape index (κ2) is 9.24. The van der Waals surface area contributed by atoms with E-state index in [1.165, 1.54) is 11.3 Å². The molecule has 3 heterocycles. The van der Waals surface area contributed by atoms with Crippen LogP contribution in [-0.4, -0.2) is 17.6 Å². The van der Waals surface area contributed by atoms with E-state index in [2.05, 4.69) is 10.3 Å². The highest BCUT2D eigenvalue weighted by molar-refractivity contribution is 7.08. The van der Waals surface area contributed by atoms with Crippen LogP contribution in [0.3, 0.4) is 0 Å². The molecule has 0 radical (unpaired) electrons. The Labute approximate surface area is 203 Å². The fourth-order valence-corrected chi connectivity index (χ4v) is 5.63. The predicted molar refractivity (Wildman–Crippen MR) is 136 cm³/mol. The minimum atomic E-state index is -0.639. The van der Waals surface area contributed by atoms with Crippen molar-refractivity contribution >= 4 is 40.3 Å². The summed E-state index contributed by atoms with van der Waals surface area (Å²) in [4.78, 5) is 32.4. The molecule has 1 aliphatic heterocycles. The summed E-state index contributed by atoms with van der Waals surface area (Å²) in [6.07, 6.45) is 1.87. The number of hydrogen-bond acceptors (Lipinski definition) is 6. The van der Waals surface area contributed by atoms with E-state index in [0.29, 0.717) is 32.0 Å². The van der Waals surface area contributed by atoms with Crippen LogP contribution in [0.2, 0.25) is 0 Å². The molecule has 5 rings (SSSR count). The van der Waals surface area contributed by atoms with Crippen LogP contribution in [0.15, 0.2) is 92.5 Å². The van der Waals surface area contributed by atoms with Crippen LogP contribution < -0.4 is 24.9 Å². The van der Waals surface area contributed by atoms with Gasteiger partial charge in [0, 0.05) is 5.69 Å². The molecule has 0 bridgehead atoms. The number of carbonyl (C=O) groups excluding carboxylic acids is 1. The Morgan fingerprint density at radius 3 is 2.71 bits per heavy atom. The number of para-hydroxylation sites is 1. The molecule has 0 aliphatic carbocycles. The Morgan fingerprint density at radius 1 is 1.15 bits per heavy atom. The molecule has 1 amide bonds. The Balaban J connectivity index is 1.70. The van der Waals surface area contributed by atoms with Crippen molar-refractivity contribution in [3.8, 4) is 5.75 Å². The molecule has 2 aromatic carbocycles. The van der Waals surface area contributed by atoms with Crippen molar-refractivity contribution in [3.05, 3.63) is 114 Å². The number of amides is 1. The molecule has 2 aromatic heterocycles. The van der Waals surface area contributed by atoms with Crippen LogP contribution in [-0.2, 0) is 4.79 Å². The SMILES string of the molecule is COc1cccc([C@H]2C(C(=O)Nc3ccccc3)=C(C)N=c3s/c(=C/c4ccsc4)c(=O)n32)c1. The Kier molecular flexibility index (Phi) is 6.00. The van der Waals surface area contributed by atoms with Crippen molar-refractivity contribution in [1.82, 2.24) is 4.57 Å². The van der Waals surface area contributed by atoms with Gasteiger partial charge in [-0.15, -0.1) is 0 Å². The van der Waals surface area contributed by atoms with Crippen molar-refractivity contribution < 1.29 is 9.53 Å². The molecule has 0 fully saturated rings. The van der Waals surface area contributed by atoms with Crippen LogP contribution in [0.4, 0.5) is 5.69 Å². The zero-order valence-electron chi connectivity index (χ0n) is 18.5. The summed E-state index contributed by atoms with van der Waals surface area (Å²) in [7, 11) is 1.59. The number of ether oxygens (including phenoxy) is 1. The van der Waals surface area contributed by atoms with Crippen LogP contribution in [0.25, 0.3) is 6.08 Å². The molecule has 1 N–H and O–H groups in total. The van der Waals surface area contributed by atoms with Crippen molar-refractivity contribution in [3.63, 3.8) is 0 Å². The fraction of sp³-hybridized carbons (Fsp3) is 0.115. The lowest BCUT2D eigenvalue weighted by Crippen LogP contribution is -2.40. The van der Waals surface area contributed by atoms with Gasteiger partial charge in [0.15, 0.2) is 4.80 Å². The first-order valence-corrected chi connectivity index (χ1v) is 12.4. The largest absolute Gasteiger partial charge is 0.497 e. The van der Waals surface area contributed by atoms with Crippen LogP contribution in [0.1, 0.15) is 24.1 Å². The first kappa shape index (κ1) is 22.1. The summed E-state index contributed by atoms with van der Waals surface area (Å²) in [5.41, 5.74) is 3.23. The second-order valence-corrected chi connectivity index (χ2v) is 9.52. The molecule has 0 saturated heterocycles. The molecule has 34 heavy (non-hydrogen) atoms. The lowest BCUT2D eigenvalue weighted by molar-refractivity contribution is -0.113. The number of nitrogens with zero attached hydrogens (tertiary/aromatic N) is 2. The van der Waals surface area contributed by atoms with Gasteiger partial charge in [0.1, 0.15) is 5.75 Å². The zero-order valence-corrected chi connectivity index (χ0v) is 20.2. The topological polar surface area (TPSA) is 72.7 Å². The summed E-state index contributed by atoms with van der Waals surface area (Å²) in [6, 6.07) is 18.0. The Hall–Kier alpha value is -3.75. The van der Waals surface area contributed by atoms with Gasteiger partial charge in [-0.1, -0.05) is 41.7 Å². The number of allylic oxidation sites excluding steroid dienone is 1. The molecule has 4 aromatic rings. The normalized spacial score (nSPS) is 15.6. The van der Waals surface area contributed by atoms with Gasteiger partial charge in [-0.05, 0) is 65.2 Å². The van der Waals surface area contributed by atoms with Gasteiger partial charge in [0.2, 0.25) is 0 Å². The summed E-state index contributed by atoms with van der Waals surface area (Å²) >= 11 is 2.90. The first-order chi connectivity index (χ1) is 16.5. The number of anilines is 1. The number of fused-ring (bicyclic) bond motifs is 1. The van der Waals surface area contributed by atoms with Crippen molar-refractivity contribution in [2.75, 3.05) is 12.4 Å². The van der Waals surface area contributed by atoms with Crippen molar-refractivity contribution in [2.45, 2.75) is 13.0 Å². The van der Waals surface area contributed by atoms with E-state index >= 15 is 0 Å². The molecule has 6 nitrogen and oxygen atoms in total. The molecule has 0 saturated carbocycles. The summed E-state index contributed by atoms with van der Waals surface area (Å²) in [5, 5.41) is 6.92. The number of thiophene rings is 1. The number of hydrogen-bond donors (Lipinski definition) is 1. The summed E-state index contributed by atoms with van der Waals surface area (Å²) in [5.74, 6) is 0.350. The highest BCUT2D eigenvalue weighted by atomic mass is 32.1. The third-order valence-electron chi connectivity index (χ3n) is 5.55. The minimum Gasteiger partial charge on any atom is -0.497 e. The lowest BCUT2D eigenvalue weighted by atomic mass is 9.95. The van der Waals surface area contributed by atoms with Gasteiger partial charge in [-0.3, -0.25) is 14.2 Å². The summed E-state index contributed by atoms with van der Waals surface area (Å²) < 4.78 is 7.62. The molecule has 0 unspecified atom stereocenters. The van der Waals surface area contributed by atoms with Gasteiger partial charge < -0.3 is 10.1 Å².